The molecule has 0 amide bonds. The molecular weight excluding hydrogens is 329 g/mol. The number of methoxy groups -OCH3 is 1. The van der Waals surface area contributed by atoms with E-state index in [0.29, 0.717) is 22.8 Å². The fourth-order valence-corrected chi connectivity index (χ4v) is 3.70. The quantitative estimate of drug-likeness (QED) is 0.520. The fraction of sp³-hybridized carbons (Fsp3) is 0.0714. The van der Waals surface area contributed by atoms with Crippen molar-refractivity contribution in [1.29, 1.82) is 0 Å². The highest BCUT2D eigenvalue weighted by molar-refractivity contribution is 9.05. The second kappa shape index (κ2) is 6.21. The molecule has 1 aromatic heterocycles. The normalized spacial score (nSPS) is 11.0. The standard InChI is InChI=1S/C14H10FNO2S3/c1-17-11-6-5-8(20-21-19)7-9(11)14-16-13-10(15)3-2-4-12(13)18-14/h2-7,19H,1H3. The minimum atomic E-state index is -0.405. The predicted molar refractivity (Wildman–Crippen MR) is 88.4 cm³/mol. The number of rotatable bonds is 4. The molecule has 0 N–H and O–H groups in total. The van der Waals surface area contributed by atoms with Crippen LogP contribution in [-0.4, -0.2) is 12.1 Å². The van der Waals surface area contributed by atoms with Gasteiger partial charge in [-0.05, 0) is 51.0 Å². The molecule has 0 spiro atoms. The molecule has 0 aliphatic heterocycles. The summed E-state index contributed by atoms with van der Waals surface area (Å²) >= 11 is 4.12. The summed E-state index contributed by atoms with van der Waals surface area (Å²) in [6, 6.07) is 10.3. The van der Waals surface area contributed by atoms with Gasteiger partial charge in [-0.1, -0.05) is 17.7 Å². The van der Waals surface area contributed by atoms with Crippen LogP contribution in [0, 0.1) is 5.82 Å². The summed E-state index contributed by atoms with van der Waals surface area (Å²) in [5.41, 5.74) is 1.31. The lowest BCUT2D eigenvalue weighted by Crippen LogP contribution is -1.88. The van der Waals surface area contributed by atoms with E-state index >= 15 is 0 Å². The van der Waals surface area contributed by atoms with E-state index in [4.69, 9.17) is 9.15 Å². The fourth-order valence-electron chi connectivity index (χ4n) is 1.98. The smallest absolute Gasteiger partial charge is 0.231 e. The zero-order valence-electron chi connectivity index (χ0n) is 10.9. The highest BCUT2D eigenvalue weighted by Crippen LogP contribution is 2.39. The van der Waals surface area contributed by atoms with Gasteiger partial charge in [-0.25, -0.2) is 9.37 Å². The number of aromatic nitrogens is 1. The zero-order chi connectivity index (χ0) is 14.8. The first-order valence-electron chi connectivity index (χ1n) is 5.94. The minimum absolute atomic E-state index is 0.219. The van der Waals surface area contributed by atoms with E-state index in [1.165, 1.54) is 26.7 Å². The molecule has 0 aliphatic rings. The van der Waals surface area contributed by atoms with Crippen LogP contribution in [0.15, 0.2) is 45.7 Å². The summed E-state index contributed by atoms with van der Waals surface area (Å²) in [5, 5.41) is 0. The Labute approximate surface area is 133 Å². The topological polar surface area (TPSA) is 35.3 Å². The lowest BCUT2D eigenvalue weighted by molar-refractivity contribution is 0.414. The molecule has 0 radical (unpaired) electrons. The maximum atomic E-state index is 13.7. The molecule has 3 nitrogen and oxygen atoms in total. The largest absolute Gasteiger partial charge is 0.496 e. The van der Waals surface area contributed by atoms with Crippen molar-refractivity contribution in [3.8, 4) is 17.2 Å². The van der Waals surface area contributed by atoms with Crippen LogP contribution in [0.5, 0.6) is 5.75 Å². The number of hydrogen-bond acceptors (Lipinski definition) is 6. The maximum Gasteiger partial charge on any atom is 0.231 e. The first-order valence-corrected chi connectivity index (χ1v) is 9.14. The van der Waals surface area contributed by atoms with Crippen LogP contribution in [0.2, 0.25) is 0 Å². The molecule has 0 fully saturated rings. The average molecular weight is 339 g/mol. The van der Waals surface area contributed by atoms with E-state index < -0.39 is 5.82 Å². The number of oxazole rings is 1. The van der Waals surface area contributed by atoms with Gasteiger partial charge in [-0.3, -0.25) is 0 Å². The lowest BCUT2D eigenvalue weighted by atomic mass is 10.2. The first kappa shape index (κ1) is 14.6. The monoisotopic (exact) mass is 339 g/mol. The van der Waals surface area contributed by atoms with Gasteiger partial charge >= 0.3 is 0 Å². The number of hydrogen-bond donors (Lipinski definition) is 1. The van der Waals surface area contributed by atoms with Gasteiger partial charge in [-0.15, -0.1) is 0 Å². The average Bonchev–Trinajstić information content (AvgIpc) is 2.93. The number of benzene rings is 2. The molecule has 0 bridgehead atoms. The highest BCUT2D eigenvalue weighted by atomic mass is 33.5. The Morgan fingerprint density at radius 3 is 2.86 bits per heavy atom. The first-order chi connectivity index (χ1) is 10.2. The Hall–Kier alpha value is -1.31. The summed E-state index contributed by atoms with van der Waals surface area (Å²) in [6.07, 6.45) is 0. The number of thiol groups is 1. The van der Waals surface area contributed by atoms with Crippen molar-refractivity contribution in [2.45, 2.75) is 4.90 Å². The molecule has 108 valence electrons. The van der Waals surface area contributed by atoms with Gasteiger partial charge in [0.25, 0.3) is 0 Å². The second-order valence-electron chi connectivity index (χ2n) is 4.13. The Morgan fingerprint density at radius 1 is 1.29 bits per heavy atom. The van der Waals surface area contributed by atoms with Crippen molar-refractivity contribution in [3.05, 3.63) is 42.2 Å². The Kier molecular flexibility index (Phi) is 4.32. The molecule has 0 atom stereocenters. The van der Waals surface area contributed by atoms with Gasteiger partial charge in [0.05, 0.1) is 12.7 Å². The second-order valence-corrected chi connectivity index (χ2v) is 7.20. The molecule has 3 rings (SSSR count). The number of nitrogens with zero attached hydrogens (tertiary/aromatic N) is 1. The third-order valence-corrected chi connectivity index (χ3v) is 4.90. The molecule has 3 aromatic rings. The molecular formula is C14H10FNO2S3. The van der Waals surface area contributed by atoms with Crippen molar-refractivity contribution >= 4 is 43.4 Å². The number of halogens is 1. The molecule has 0 aliphatic carbocycles. The summed E-state index contributed by atoms with van der Waals surface area (Å²) in [6.45, 7) is 0. The van der Waals surface area contributed by atoms with Gasteiger partial charge in [0.2, 0.25) is 5.89 Å². The van der Waals surface area contributed by atoms with Gasteiger partial charge in [0.15, 0.2) is 11.4 Å². The minimum Gasteiger partial charge on any atom is -0.496 e. The van der Waals surface area contributed by atoms with Crippen molar-refractivity contribution in [2.24, 2.45) is 0 Å². The molecule has 0 saturated carbocycles. The van der Waals surface area contributed by atoms with Crippen LogP contribution in [0.4, 0.5) is 4.39 Å². The van der Waals surface area contributed by atoms with Crippen LogP contribution in [0.25, 0.3) is 22.6 Å². The van der Waals surface area contributed by atoms with Gasteiger partial charge < -0.3 is 9.15 Å². The number of ether oxygens (including phenoxy) is 1. The van der Waals surface area contributed by atoms with Crippen molar-refractivity contribution in [1.82, 2.24) is 4.98 Å². The van der Waals surface area contributed by atoms with E-state index in [1.807, 2.05) is 18.2 Å². The third kappa shape index (κ3) is 2.86. The van der Waals surface area contributed by atoms with Gasteiger partial charge in [0, 0.05) is 4.90 Å². The summed E-state index contributed by atoms with van der Waals surface area (Å²) in [5.74, 6) is 0.548. The van der Waals surface area contributed by atoms with Crippen molar-refractivity contribution in [3.63, 3.8) is 0 Å². The Morgan fingerprint density at radius 2 is 2.14 bits per heavy atom. The van der Waals surface area contributed by atoms with Crippen LogP contribution in [0.3, 0.4) is 0 Å². The maximum absolute atomic E-state index is 13.7. The molecule has 2 aromatic carbocycles. The van der Waals surface area contributed by atoms with Crippen LogP contribution in [-0.2, 0) is 0 Å². The van der Waals surface area contributed by atoms with Crippen LogP contribution < -0.4 is 4.74 Å². The van der Waals surface area contributed by atoms with Crippen LogP contribution >= 0.6 is 32.3 Å². The van der Waals surface area contributed by atoms with Gasteiger partial charge in [0.1, 0.15) is 11.3 Å². The Balaban J connectivity index is 2.16. The molecule has 0 saturated heterocycles. The van der Waals surface area contributed by atoms with E-state index in [9.17, 15) is 4.39 Å². The predicted octanol–water partition coefficient (Wildman–Crippen LogP) is 5.23. The van der Waals surface area contributed by atoms with Gasteiger partial charge in [-0.2, -0.15) is 0 Å². The lowest BCUT2D eigenvalue weighted by Gasteiger charge is -2.06. The van der Waals surface area contributed by atoms with Crippen LogP contribution in [0.1, 0.15) is 0 Å². The molecule has 7 heteroatoms. The Bertz CT molecular complexity index is 791. The molecule has 21 heavy (non-hydrogen) atoms. The summed E-state index contributed by atoms with van der Waals surface area (Å²) < 4.78 is 24.7. The molecule has 1 heterocycles. The van der Waals surface area contributed by atoms with E-state index in [2.05, 4.69) is 16.6 Å². The summed E-state index contributed by atoms with van der Waals surface area (Å²) in [7, 11) is 4.41. The van der Waals surface area contributed by atoms with E-state index in [0.717, 1.165) is 4.90 Å². The van der Waals surface area contributed by atoms with Crippen molar-refractivity contribution in [2.75, 3.05) is 7.11 Å². The third-order valence-electron chi connectivity index (χ3n) is 2.90. The SMILES string of the molecule is COc1ccc(SSS)cc1-c1nc2c(F)cccc2o1. The molecule has 0 unspecified atom stereocenters. The summed E-state index contributed by atoms with van der Waals surface area (Å²) in [4.78, 5) is 5.22. The highest BCUT2D eigenvalue weighted by Gasteiger charge is 2.16. The number of fused-ring (bicyclic) bond motifs is 1. The number of para-hydroxylation sites is 1. The van der Waals surface area contributed by atoms with E-state index in [1.54, 1.807) is 19.2 Å². The van der Waals surface area contributed by atoms with E-state index in [-0.39, 0.29) is 5.52 Å². The van der Waals surface area contributed by atoms with Crippen molar-refractivity contribution < 1.29 is 13.5 Å². The zero-order valence-corrected chi connectivity index (χ0v) is 13.4.